The summed E-state index contributed by atoms with van der Waals surface area (Å²) in [6.45, 7) is 0. The number of carbonyl (C=O) groups excluding carboxylic acids is 2. The molecule has 4 rings (SSSR count). The summed E-state index contributed by atoms with van der Waals surface area (Å²) in [4.78, 5) is 26.5. The van der Waals surface area contributed by atoms with Crippen LogP contribution in [0.3, 0.4) is 0 Å². The van der Waals surface area contributed by atoms with Crippen LogP contribution >= 0.6 is 11.3 Å². The van der Waals surface area contributed by atoms with Crippen molar-refractivity contribution in [1.82, 2.24) is 0 Å². The predicted molar refractivity (Wildman–Crippen MR) is 107 cm³/mol. The lowest BCUT2D eigenvalue weighted by Crippen LogP contribution is -2.16. The number of rotatable bonds is 4. The second-order valence-electron chi connectivity index (χ2n) is 7.46. The number of methoxy groups -OCH3 is 1. The molecule has 2 aliphatic rings. The maximum atomic E-state index is 12.8. The van der Waals surface area contributed by atoms with Crippen molar-refractivity contribution in [2.24, 2.45) is 5.92 Å². The van der Waals surface area contributed by atoms with Gasteiger partial charge in [0.05, 0.1) is 12.7 Å². The number of hydrogen-bond donors (Lipinski definition) is 1. The highest BCUT2D eigenvalue weighted by Gasteiger charge is 2.44. The van der Waals surface area contributed by atoms with Crippen LogP contribution in [0.15, 0.2) is 30.3 Å². The molecule has 0 radical (unpaired) electrons. The molecule has 1 aromatic carbocycles. The van der Waals surface area contributed by atoms with E-state index in [9.17, 15) is 9.59 Å². The molecule has 2 aliphatic carbocycles. The topological polar surface area (TPSA) is 55.4 Å². The normalized spacial score (nSPS) is 21.5. The number of aryl methyl sites for hydroxylation is 1. The monoisotopic (exact) mass is 383 g/mol. The smallest absolute Gasteiger partial charge is 0.341 e. The Balaban J connectivity index is 1.55. The van der Waals surface area contributed by atoms with Gasteiger partial charge in [0.15, 0.2) is 0 Å². The van der Waals surface area contributed by atoms with E-state index in [0.29, 0.717) is 10.6 Å². The van der Waals surface area contributed by atoms with Crippen molar-refractivity contribution < 1.29 is 14.3 Å². The fraction of sp³-hybridized carbons (Fsp3) is 0.455. The lowest BCUT2D eigenvalue weighted by Gasteiger charge is -2.11. The molecule has 1 amide bonds. The van der Waals surface area contributed by atoms with Gasteiger partial charge in [-0.25, -0.2) is 4.79 Å². The Kier molecular flexibility index (Phi) is 5.30. The molecule has 0 bridgehead atoms. The van der Waals surface area contributed by atoms with Gasteiger partial charge in [0.1, 0.15) is 5.00 Å². The van der Waals surface area contributed by atoms with E-state index < -0.39 is 0 Å². The number of nitrogens with one attached hydrogen (secondary N) is 1. The molecule has 27 heavy (non-hydrogen) atoms. The first-order valence-corrected chi connectivity index (χ1v) is 10.6. The Bertz CT molecular complexity index is 843. The maximum absolute atomic E-state index is 12.8. The van der Waals surface area contributed by atoms with Crippen molar-refractivity contribution in [2.75, 3.05) is 12.4 Å². The van der Waals surface area contributed by atoms with Crippen LogP contribution in [-0.4, -0.2) is 19.0 Å². The van der Waals surface area contributed by atoms with Crippen LogP contribution in [0.1, 0.15) is 64.4 Å². The summed E-state index contributed by atoms with van der Waals surface area (Å²) in [5.41, 5.74) is 2.89. The van der Waals surface area contributed by atoms with Crippen LogP contribution in [0.25, 0.3) is 0 Å². The summed E-state index contributed by atoms with van der Waals surface area (Å²) in [5.74, 6) is -0.0432. The quantitative estimate of drug-likeness (QED) is 0.761. The molecule has 0 saturated heterocycles. The summed E-state index contributed by atoms with van der Waals surface area (Å²) in [6.07, 6.45) is 7.39. The van der Waals surface area contributed by atoms with Gasteiger partial charge in [-0.05, 0) is 49.1 Å². The zero-order chi connectivity index (χ0) is 18.8. The Morgan fingerprint density at radius 3 is 2.56 bits per heavy atom. The molecule has 4 nitrogen and oxygen atoms in total. The van der Waals surface area contributed by atoms with E-state index >= 15 is 0 Å². The molecular weight excluding hydrogens is 358 g/mol. The van der Waals surface area contributed by atoms with E-state index in [4.69, 9.17) is 4.74 Å². The highest BCUT2D eigenvalue weighted by atomic mass is 32.1. The number of ether oxygens (including phenoxy) is 1. The lowest BCUT2D eigenvalue weighted by atomic mass is 9.96. The average molecular weight is 384 g/mol. The highest BCUT2D eigenvalue weighted by Crippen LogP contribution is 2.48. The van der Waals surface area contributed by atoms with Crippen molar-refractivity contribution >= 4 is 28.2 Å². The molecule has 2 aromatic rings. The van der Waals surface area contributed by atoms with Gasteiger partial charge in [0.25, 0.3) is 0 Å². The molecule has 1 aromatic heterocycles. The number of anilines is 1. The van der Waals surface area contributed by atoms with Crippen LogP contribution < -0.4 is 5.32 Å². The fourth-order valence-corrected chi connectivity index (χ4v) is 5.36. The SMILES string of the molecule is COC(=O)c1c(NC(=O)[C@@H]2C[C@H]2c2ccccc2)sc2c1CCCCCC2. The van der Waals surface area contributed by atoms with Crippen molar-refractivity contribution in [3.05, 3.63) is 51.9 Å². The van der Waals surface area contributed by atoms with Crippen LogP contribution in [0, 0.1) is 5.92 Å². The molecule has 142 valence electrons. The summed E-state index contributed by atoms with van der Waals surface area (Å²) in [7, 11) is 1.41. The van der Waals surface area contributed by atoms with Gasteiger partial charge in [-0.15, -0.1) is 11.3 Å². The van der Waals surface area contributed by atoms with E-state index in [1.54, 1.807) is 11.3 Å². The first-order valence-electron chi connectivity index (χ1n) is 9.77. The summed E-state index contributed by atoms with van der Waals surface area (Å²) >= 11 is 1.57. The number of esters is 1. The molecule has 1 saturated carbocycles. The first-order chi connectivity index (χ1) is 13.2. The van der Waals surface area contributed by atoms with Gasteiger partial charge in [0, 0.05) is 10.8 Å². The van der Waals surface area contributed by atoms with Crippen molar-refractivity contribution in [2.45, 2.75) is 50.9 Å². The van der Waals surface area contributed by atoms with Crippen molar-refractivity contribution in [1.29, 1.82) is 0 Å². The van der Waals surface area contributed by atoms with Gasteiger partial charge < -0.3 is 10.1 Å². The van der Waals surface area contributed by atoms with Gasteiger partial charge in [-0.3, -0.25) is 4.79 Å². The fourth-order valence-electron chi connectivity index (χ4n) is 4.08. The van der Waals surface area contributed by atoms with Crippen LogP contribution in [0.5, 0.6) is 0 Å². The number of fused-ring (bicyclic) bond motifs is 1. The Morgan fingerprint density at radius 2 is 1.81 bits per heavy atom. The maximum Gasteiger partial charge on any atom is 0.341 e. The molecule has 0 spiro atoms. The number of thiophene rings is 1. The molecule has 5 heteroatoms. The zero-order valence-corrected chi connectivity index (χ0v) is 16.4. The van der Waals surface area contributed by atoms with Gasteiger partial charge in [-0.1, -0.05) is 43.2 Å². The predicted octanol–water partition coefficient (Wildman–Crippen LogP) is 4.94. The van der Waals surface area contributed by atoms with Crippen molar-refractivity contribution in [3.63, 3.8) is 0 Å². The van der Waals surface area contributed by atoms with Crippen molar-refractivity contribution in [3.8, 4) is 0 Å². The molecule has 1 fully saturated rings. The molecule has 0 unspecified atom stereocenters. The van der Waals surface area contributed by atoms with E-state index in [1.165, 1.54) is 30.4 Å². The lowest BCUT2D eigenvalue weighted by molar-refractivity contribution is -0.117. The van der Waals surface area contributed by atoms with Crippen LogP contribution in [-0.2, 0) is 22.4 Å². The van der Waals surface area contributed by atoms with E-state index in [1.807, 2.05) is 18.2 Å². The highest BCUT2D eigenvalue weighted by molar-refractivity contribution is 7.17. The number of benzene rings is 1. The minimum absolute atomic E-state index is 0.0115. The molecule has 0 aliphatic heterocycles. The van der Waals surface area contributed by atoms with Crippen LogP contribution in [0.2, 0.25) is 0 Å². The van der Waals surface area contributed by atoms with Crippen LogP contribution in [0.4, 0.5) is 5.00 Å². The summed E-state index contributed by atoms with van der Waals surface area (Å²) in [6, 6.07) is 10.2. The third-order valence-electron chi connectivity index (χ3n) is 5.65. The second-order valence-corrected chi connectivity index (χ2v) is 8.57. The third kappa shape index (κ3) is 3.79. The van der Waals surface area contributed by atoms with Gasteiger partial charge in [0.2, 0.25) is 5.91 Å². The molecule has 1 heterocycles. The Morgan fingerprint density at radius 1 is 1.07 bits per heavy atom. The second kappa shape index (κ2) is 7.85. The van der Waals surface area contributed by atoms with E-state index in [2.05, 4.69) is 17.4 Å². The number of carbonyl (C=O) groups is 2. The Labute approximate surface area is 163 Å². The minimum atomic E-state index is -0.334. The molecule has 1 N–H and O–H groups in total. The zero-order valence-electron chi connectivity index (χ0n) is 15.6. The Hall–Kier alpha value is -2.14. The average Bonchev–Trinajstić information content (AvgIpc) is 3.41. The summed E-state index contributed by atoms with van der Waals surface area (Å²) in [5, 5.41) is 3.74. The summed E-state index contributed by atoms with van der Waals surface area (Å²) < 4.78 is 5.04. The van der Waals surface area contributed by atoms with E-state index in [0.717, 1.165) is 37.7 Å². The van der Waals surface area contributed by atoms with Gasteiger partial charge >= 0.3 is 5.97 Å². The number of hydrogen-bond acceptors (Lipinski definition) is 4. The third-order valence-corrected chi connectivity index (χ3v) is 6.86. The largest absolute Gasteiger partial charge is 0.465 e. The standard InChI is InChI=1S/C22H25NO3S/c1-26-22(25)19-15-11-7-2-3-8-12-18(15)27-21(19)23-20(24)17-13-16(17)14-9-5-4-6-10-14/h4-6,9-10,16-17H,2-3,7-8,11-13H2,1H3,(H,23,24)/t16-,17+/m0/s1. The number of amides is 1. The molecular formula is C22H25NO3S. The van der Waals surface area contributed by atoms with E-state index in [-0.39, 0.29) is 23.7 Å². The molecule has 2 atom stereocenters. The minimum Gasteiger partial charge on any atom is -0.465 e. The van der Waals surface area contributed by atoms with Gasteiger partial charge in [-0.2, -0.15) is 0 Å². The first kappa shape index (κ1) is 18.2.